The van der Waals surface area contributed by atoms with Crippen molar-refractivity contribution in [2.75, 3.05) is 5.32 Å². The molecule has 27 heavy (non-hydrogen) atoms. The van der Waals surface area contributed by atoms with E-state index in [1.807, 2.05) is 6.07 Å². The van der Waals surface area contributed by atoms with E-state index < -0.39 is 29.5 Å². The van der Waals surface area contributed by atoms with Gasteiger partial charge in [0.2, 0.25) is 11.7 Å². The van der Waals surface area contributed by atoms with Crippen LogP contribution in [0.15, 0.2) is 50.6 Å². The van der Waals surface area contributed by atoms with E-state index >= 15 is 0 Å². The molecule has 9 nitrogen and oxygen atoms in total. The van der Waals surface area contributed by atoms with Crippen LogP contribution < -0.4 is 16.6 Å². The lowest BCUT2D eigenvalue weighted by Crippen LogP contribution is -2.34. The van der Waals surface area contributed by atoms with E-state index in [0.29, 0.717) is 11.9 Å². The highest BCUT2D eigenvalue weighted by Crippen LogP contribution is 2.20. The Balaban J connectivity index is 1.90. The molecule has 0 saturated heterocycles. The number of hydrogen-bond acceptors (Lipinski definition) is 5. The Kier molecular flexibility index (Phi) is 5.00. The number of nitriles is 1. The van der Waals surface area contributed by atoms with Crippen molar-refractivity contribution in [3.05, 3.63) is 73.4 Å². The number of halogens is 2. The third kappa shape index (κ3) is 4.01. The summed E-state index contributed by atoms with van der Waals surface area (Å²) in [5, 5.41) is 15.7. The highest BCUT2D eigenvalue weighted by Gasteiger charge is 2.14. The van der Waals surface area contributed by atoms with Gasteiger partial charge in [-0.15, -0.1) is 0 Å². The second-order valence-electron chi connectivity index (χ2n) is 5.33. The predicted molar refractivity (Wildman–Crippen MR) is 95.9 cm³/mol. The van der Waals surface area contributed by atoms with Crippen molar-refractivity contribution >= 4 is 27.7 Å². The van der Waals surface area contributed by atoms with E-state index in [4.69, 9.17) is 5.26 Å². The first kappa shape index (κ1) is 18.3. The SMILES string of the molecule is N#Cc1cc(NC(=O)Cn2cc(F)c(=O)[nH]c2=O)n(-c2cccc(Br)c2)n1. The molecule has 0 fully saturated rings. The Bertz CT molecular complexity index is 1190. The lowest BCUT2D eigenvalue weighted by molar-refractivity contribution is -0.116. The van der Waals surface area contributed by atoms with E-state index in [2.05, 4.69) is 26.3 Å². The molecule has 3 rings (SSSR count). The number of aromatic nitrogens is 4. The smallest absolute Gasteiger partial charge is 0.309 e. The fourth-order valence-electron chi connectivity index (χ4n) is 2.27. The zero-order chi connectivity index (χ0) is 19.6. The summed E-state index contributed by atoms with van der Waals surface area (Å²) in [5.74, 6) is -1.68. The van der Waals surface area contributed by atoms with Gasteiger partial charge in [0.25, 0.3) is 5.56 Å². The van der Waals surface area contributed by atoms with Gasteiger partial charge in [-0.1, -0.05) is 22.0 Å². The fourth-order valence-corrected chi connectivity index (χ4v) is 2.65. The summed E-state index contributed by atoms with van der Waals surface area (Å²) in [7, 11) is 0. The Hall–Kier alpha value is -3.52. The minimum atomic E-state index is -1.19. The Morgan fingerprint density at radius 3 is 2.85 bits per heavy atom. The Morgan fingerprint density at radius 2 is 2.15 bits per heavy atom. The molecule has 2 heterocycles. The molecule has 0 aliphatic carbocycles. The molecule has 0 atom stereocenters. The molecule has 3 aromatic rings. The van der Waals surface area contributed by atoms with Crippen LogP contribution in [0.5, 0.6) is 0 Å². The van der Waals surface area contributed by atoms with Gasteiger partial charge < -0.3 is 5.32 Å². The van der Waals surface area contributed by atoms with E-state index in [0.717, 1.165) is 9.04 Å². The van der Waals surface area contributed by atoms with Crippen LogP contribution in [0, 0.1) is 17.1 Å². The van der Waals surface area contributed by atoms with Crippen LogP contribution in [0.25, 0.3) is 5.69 Å². The minimum Gasteiger partial charge on any atom is -0.309 e. The third-order valence-electron chi connectivity index (χ3n) is 3.43. The van der Waals surface area contributed by atoms with Crippen LogP contribution >= 0.6 is 15.9 Å². The molecular weight excluding hydrogens is 423 g/mol. The van der Waals surface area contributed by atoms with Crippen molar-refractivity contribution in [1.82, 2.24) is 19.3 Å². The summed E-state index contributed by atoms with van der Waals surface area (Å²) in [6.45, 7) is -0.544. The number of nitrogens with zero attached hydrogens (tertiary/aromatic N) is 4. The van der Waals surface area contributed by atoms with Gasteiger partial charge in [0.15, 0.2) is 5.69 Å². The first-order valence-electron chi connectivity index (χ1n) is 7.42. The summed E-state index contributed by atoms with van der Waals surface area (Å²) < 4.78 is 16.1. The van der Waals surface area contributed by atoms with Gasteiger partial charge in [-0.05, 0) is 18.2 Å². The molecule has 0 radical (unpaired) electrons. The zero-order valence-electron chi connectivity index (χ0n) is 13.4. The quantitative estimate of drug-likeness (QED) is 0.638. The summed E-state index contributed by atoms with van der Waals surface area (Å²) in [6.07, 6.45) is 0.646. The third-order valence-corrected chi connectivity index (χ3v) is 3.92. The number of nitrogens with one attached hydrogen (secondary N) is 2. The second-order valence-corrected chi connectivity index (χ2v) is 6.25. The molecule has 2 aromatic heterocycles. The maximum Gasteiger partial charge on any atom is 0.328 e. The van der Waals surface area contributed by atoms with Crippen LogP contribution in [0.2, 0.25) is 0 Å². The maximum absolute atomic E-state index is 13.3. The molecule has 0 aliphatic rings. The summed E-state index contributed by atoms with van der Waals surface area (Å²) in [6, 6.07) is 10.2. The molecule has 0 saturated carbocycles. The van der Waals surface area contributed by atoms with Crippen molar-refractivity contribution in [2.45, 2.75) is 6.54 Å². The molecule has 2 N–H and O–H groups in total. The number of H-pyrrole nitrogens is 1. The van der Waals surface area contributed by atoms with Gasteiger partial charge in [0.1, 0.15) is 18.4 Å². The zero-order valence-corrected chi connectivity index (χ0v) is 15.0. The van der Waals surface area contributed by atoms with Crippen LogP contribution in [0.3, 0.4) is 0 Å². The van der Waals surface area contributed by atoms with Gasteiger partial charge in [0, 0.05) is 10.5 Å². The van der Waals surface area contributed by atoms with Crippen molar-refractivity contribution < 1.29 is 9.18 Å². The fraction of sp³-hybridized carbons (Fsp3) is 0.0625. The number of anilines is 1. The lowest BCUT2D eigenvalue weighted by Gasteiger charge is -2.10. The predicted octanol–water partition coefficient (Wildman–Crippen LogP) is 1.13. The van der Waals surface area contributed by atoms with Crippen molar-refractivity contribution in [3.63, 3.8) is 0 Å². The molecule has 0 spiro atoms. The summed E-state index contributed by atoms with van der Waals surface area (Å²) >= 11 is 3.33. The summed E-state index contributed by atoms with van der Waals surface area (Å²) in [5.41, 5.74) is -1.44. The van der Waals surface area contributed by atoms with Gasteiger partial charge in [-0.25, -0.2) is 9.48 Å². The van der Waals surface area contributed by atoms with Gasteiger partial charge in [0.05, 0.1) is 11.9 Å². The minimum absolute atomic E-state index is 0.0672. The monoisotopic (exact) mass is 432 g/mol. The number of rotatable bonds is 4. The highest BCUT2D eigenvalue weighted by atomic mass is 79.9. The standard InChI is InChI=1S/C16H10BrFN6O3/c17-9-2-1-3-11(4-9)24-13(5-10(6-19)22-24)20-14(25)8-23-7-12(18)15(26)21-16(23)27/h1-5,7H,8H2,(H,20,25)(H,21,26,27). The lowest BCUT2D eigenvalue weighted by atomic mass is 10.3. The van der Waals surface area contributed by atoms with E-state index in [1.54, 1.807) is 29.2 Å². The first-order chi connectivity index (χ1) is 12.9. The van der Waals surface area contributed by atoms with Gasteiger partial charge >= 0.3 is 5.69 Å². The largest absolute Gasteiger partial charge is 0.328 e. The topological polar surface area (TPSA) is 126 Å². The van der Waals surface area contributed by atoms with Gasteiger partial charge in [-0.3, -0.25) is 19.1 Å². The second kappa shape index (κ2) is 7.38. The number of carbonyl (C=O) groups is 1. The number of amides is 1. The summed E-state index contributed by atoms with van der Waals surface area (Å²) in [4.78, 5) is 36.7. The normalized spacial score (nSPS) is 10.4. The van der Waals surface area contributed by atoms with E-state index in [-0.39, 0.29) is 11.5 Å². The van der Waals surface area contributed by atoms with Crippen LogP contribution in [0.4, 0.5) is 10.2 Å². The average Bonchev–Trinajstić information content (AvgIpc) is 3.02. The van der Waals surface area contributed by atoms with Crippen molar-refractivity contribution in [1.29, 1.82) is 5.26 Å². The molecule has 136 valence electrons. The molecular formula is C16H10BrFN6O3. The van der Waals surface area contributed by atoms with Crippen molar-refractivity contribution in [2.24, 2.45) is 0 Å². The van der Waals surface area contributed by atoms with E-state index in [1.165, 1.54) is 10.7 Å². The number of carbonyl (C=O) groups excluding carboxylic acids is 1. The van der Waals surface area contributed by atoms with E-state index in [9.17, 15) is 18.8 Å². The first-order valence-corrected chi connectivity index (χ1v) is 8.22. The van der Waals surface area contributed by atoms with Gasteiger partial charge in [-0.2, -0.15) is 14.8 Å². The maximum atomic E-state index is 13.3. The molecule has 0 bridgehead atoms. The van der Waals surface area contributed by atoms with Crippen LogP contribution in [0.1, 0.15) is 5.69 Å². The molecule has 1 amide bonds. The molecule has 0 aliphatic heterocycles. The van der Waals surface area contributed by atoms with Crippen LogP contribution in [-0.4, -0.2) is 25.2 Å². The number of hydrogen-bond donors (Lipinski definition) is 2. The average molecular weight is 433 g/mol. The Morgan fingerprint density at radius 1 is 1.37 bits per heavy atom. The number of aromatic amines is 1. The molecule has 11 heteroatoms. The Labute approximate surface area is 158 Å². The molecule has 0 unspecified atom stereocenters. The molecule has 1 aromatic carbocycles. The number of benzene rings is 1. The van der Waals surface area contributed by atoms with Crippen molar-refractivity contribution in [3.8, 4) is 11.8 Å². The highest BCUT2D eigenvalue weighted by molar-refractivity contribution is 9.10. The van der Waals surface area contributed by atoms with Crippen LogP contribution in [-0.2, 0) is 11.3 Å².